The second-order valence-electron chi connectivity index (χ2n) is 14.7. The Morgan fingerprint density at radius 2 is 1.47 bits per heavy atom. The molecule has 2 atom stereocenters. The summed E-state index contributed by atoms with van der Waals surface area (Å²) in [6.07, 6.45) is 12.5. The molecule has 0 saturated carbocycles. The number of imidazole rings is 1. The fourth-order valence-electron chi connectivity index (χ4n) is 8.96. The maximum absolute atomic E-state index is 6.71. The minimum Gasteiger partial charge on any atom is -0.458 e. The summed E-state index contributed by atoms with van der Waals surface area (Å²) in [6.45, 7) is 4.91. The number of allylic oxidation sites excluding steroid dienone is 3. The predicted octanol–water partition coefficient (Wildman–Crippen LogP) is 9.68. The second kappa shape index (κ2) is 11.3. The van der Waals surface area contributed by atoms with E-state index in [1.165, 1.54) is 49.1 Å². The SMILES string of the molecule is C[Si]1(C)c2cc3c4ccccc4n(-c4ccccc4)c3cc2N(c2cccc(OC3=CC4c5nccn5-c5ccccc5C4C=C3)c2)c2ncccc21. The third kappa shape index (κ3) is 4.44. The Kier molecular flexibility index (Phi) is 6.43. The van der Waals surface area contributed by atoms with E-state index in [0.29, 0.717) is 0 Å². The van der Waals surface area contributed by atoms with E-state index in [4.69, 9.17) is 14.7 Å². The van der Waals surface area contributed by atoms with Crippen molar-refractivity contribution in [1.29, 1.82) is 0 Å². The number of ether oxygens (including phenoxy) is 1. The maximum Gasteiger partial charge on any atom is 0.137 e. The normalized spacial score (nSPS) is 17.8. The number of fused-ring (bicyclic) bond motifs is 11. The third-order valence-corrected chi connectivity index (χ3v) is 14.9. The molecule has 2 aliphatic heterocycles. The molecule has 254 valence electrons. The zero-order valence-corrected chi connectivity index (χ0v) is 30.4. The van der Waals surface area contributed by atoms with Gasteiger partial charge in [0.1, 0.15) is 31.2 Å². The first kappa shape index (κ1) is 30.2. The minimum atomic E-state index is -2.17. The highest BCUT2D eigenvalue weighted by Gasteiger charge is 2.40. The summed E-state index contributed by atoms with van der Waals surface area (Å²) in [5, 5.41) is 5.25. The molecule has 0 spiro atoms. The molecule has 7 heteroatoms. The van der Waals surface area contributed by atoms with Gasteiger partial charge in [-0.1, -0.05) is 92.0 Å². The number of anilines is 3. The molecule has 0 amide bonds. The molecule has 0 N–H and O–H groups in total. The van der Waals surface area contributed by atoms with Crippen molar-refractivity contribution in [1.82, 2.24) is 19.1 Å². The number of aromatic nitrogens is 4. The smallest absolute Gasteiger partial charge is 0.137 e. The van der Waals surface area contributed by atoms with Gasteiger partial charge >= 0.3 is 0 Å². The van der Waals surface area contributed by atoms with Crippen molar-refractivity contribution < 1.29 is 4.74 Å². The van der Waals surface area contributed by atoms with Gasteiger partial charge in [0.2, 0.25) is 0 Å². The largest absolute Gasteiger partial charge is 0.458 e. The van der Waals surface area contributed by atoms with Crippen molar-refractivity contribution in [2.75, 3.05) is 4.90 Å². The quantitative estimate of drug-likeness (QED) is 0.172. The molecule has 3 aliphatic rings. The zero-order valence-electron chi connectivity index (χ0n) is 29.4. The predicted molar refractivity (Wildman–Crippen MR) is 217 cm³/mol. The molecule has 1 aliphatic carbocycles. The van der Waals surface area contributed by atoms with E-state index in [-0.39, 0.29) is 11.8 Å². The first-order valence-electron chi connectivity index (χ1n) is 18.2. The third-order valence-electron chi connectivity index (χ3n) is 11.4. The molecule has 8 aromatic rings. The zero-order chi connectivity index (χ0) is 35.3. The van der Waals surface area contributed by atoms with Crippen molar-refractivity contribution in [3.05, 3.63) is 181 Å². The van der Waals surface area contributed by atoms with Gasteiger partial charge in [0.25, 0.3) is 0 Å². The van der Waals surface area contributed by atoms with Crippen LogP contribution in [0.15, 0.2) is 170 Å². The van der Waals surface area contributed by atoms with E-state index in [9.17, 15) is 0 Å². The Bertz CT molecular complexity index is 2830. The van der Waals surface area contributed by atoms with Crippen LogP contribution >= 0.6 is 0 Å². The average molecular weight is 702 g/mol. The first-order chi connectivity index (χ1) is 26.0. The highest BCUT2D eigenvalue weighted by Crippen LogP contribution is 2.46. The highest BCUT2D eigenvalue weighted by atomic mass is 28.3. The molecular formula is C46H35N5OSi. The van der Waals surface area contributed by atoms with Gasteiger partial charge in [-0.15, -0.1) is 0 Å². The number of benzene rings is 5. The maximum atomic E-state index is 6.71. The number of hydrogen-bond acceptors (Lipinski definition) is 4. The van der Waals surface area contributed by atoms with E-state index < -0.39 is 8.07 Å². The van der Waals surface area contributed by atoms with Crippen LogP contribution in [0.5, 0.6) is 5.75 Å². The molecule has 5 aromatic carbocycles. The van der Waals surface area contributed by atoms with Crippen molar-refractivity contribution >= 4 is 57.4 Å². The van der Waals surface area contributed by atoms with Crippen molar-refractivity contribution in [3.63, 3.8) is 0 Å². The Morgan fingerprint density at radius 1 is 0.642 bits per heavy atom. The molecule has 6 nitrogen and oxygen atoms in total. The summed E-state index contributed by atoms with van der Waals surface area (Å²) in [7, 11) is -2.17. The van der Waals surface area contributed by atoms with Gasteiger partial charge in [-0.3, -0.25) is 4.90 Å². The van der Waals surface area contributed by atoms with Crippen LogP contribution < -0.4 is 20.0 Å². The van der Waals surface area contributed by atoms with Gasteiger partial charge in [-0.05, 0) is 76.6 Å². The lowest BCUT2D eigenvalue weighted by Crippen LogP contribution is -2.58. The van der Waals surface area contributed by atoms with Crippen LogP contribution in [0.1, 0.15) is 23.2 Å². The monoisotopic (exact) mass is 701 g/mol. The standard InChI is InChI=1S/C46H35N5OSi/c1-53(2)43-20-11-23-47-46(43)51(42-29-41-37(28-44(42)53)36-17-7-9-19-40(36)50(41)30-12-4-3-5-13-30)31-14-10-15-32(26-31)52-33-21-22-34-35-16-6-8-18-39(35)49-25-24-48-45(49)38(34)27-33/h3-29,34,38H,1-2H3. The van der Waals surface area contributed by atoms with Crippen LogP contribution in [-0.2, 0) is 0 Å². The molecule has 0 bridgehead atoms. The van der Waals surface area contributed by atoms with Gasteiger partial charge in [-0.25, -0.2) is 9.97 Å². The van der Waals surface area contributed by atoms with Crippen LogP contribution in [-0.4, -0.2) is 27.2 Å². The minimum absolute atomic E-state index is 0.0825. The highest BCUT2D eigenvalue weighted by molar-refractivity contribution is 7.02. The molecule has 2 unspecified atom stereocenters. The second-order valence-corrected chi connectivity index (χ2v) is 19.0. The molecule has 0 saturated heterocycles. The van der Waals surface area contributed by atoms with Crippen molar-refractivity contribution in [2.24, 2.45) is 0 Å². The van der Waals surface area contributed by atoms with Crippen LogP contribution in [0.2, 0.25) is 13.1 Å². The topological polar surface area (TPSA) is 48.1 Å². The first-order valence-corrected chi connectivity index (χ1v) is 21.2. The fraction of sp³-hybridized carbons (Fsp3) is 0.0870. The number of rotatable bonds is 4. The molecule has 0 fully saturated rings. The van der Waals surface area contributed by atoms with Gasteiger partial charge < -0.3 is 13.9 Å². The van der Waals surface area contributed by atoms with Gasteiger partial charge in [0, 0.05) is 58.6 Å². The number of hydrogen-bond donors (Lipinski definition) is 0. The summed E-state index contributed by atoms with van der Waals surface area (Å²) in [4.78, 5) is 12.2. The van der Waals surface area contributed by atoms with Crippen LogP contribution in [0.3, 0.4) is 0 Å². The lowest BCUT2D eigenvalue weighted by atomic mass is 9.79. The van der Waals surface area contributed by atoms with Crippen LogP contribution in [0, 0.1) is 0 Å². The van der Waals surface area contributed by atoms with Crippen LogP contribution in [0.4, 0.5) is 17.2 Å². The summed E-state index contributed by atoms with van der Waals surface area (Å²) >= 11 is 0. The number of nitrogens with zero attached hydrogens (tertiary/aromatic N) is 5. The Hall–Kier alpha value is -6.44. The van der Waals surface area contributed by atoms with E-state index in [1.54, 1.807) is 0 Å². The van der Waals surface area contributed by atoms with Gasteiger partial charge in [0.15, 0.2) is 0 Å². The summed E-state index contributed by atoms with van der Waals surface area (Å²) in [5.74, 6) is 3.91. The van der Waals surface area contributed by atoms with E-state index in [2.05, 4.69) is 173 Å². The average Bonchev–Trinajstić information content (AvgIpc) is 3.82. The molecular weight excluding hydrogens is 667 g/mol. The van der Waals surface area contributed by atoms with E-state index in [1.807, 2.05) is 18.5 Å². The Morgan fingerprint density at radius 3 is 2.40 bits per heavy atom. The summed E-state index contributed by atoms with van der Waals surface area (Å²) < 4.78 is 11.3. The van der Waals surface area contributed by atoms with E-state index in [0.717, 1.165) is 34.5 Å². The summed E-state index contributed by atoms with van der Waals surface area (Å²) in [5.41, 5.74) is 8.20. The van der Waals surface area contributed by atoms with Gasteiger partial charge in [0.05, 0.1) is 22.4 Å². The molecule has 0 radical (unpaired) electrons. The van der Waals surface area contributed by atoms with Crippen molar-refractivity contribution in [2.45, 2.75) is 24.9 Å². The Balaban J connectivity index is 1.04. The summed E-state index contributed by atoms with van der Waals surface area (Å²) in [6, 6.07) is 45.7. The fourth-order valence-corrected chi connectivity index (χ4v) is 11.8. The van der Waals surface area contributed by atoms with Gasteiger partial charge in [-0.2, -0.15) is 0 Å². The molecule has 53 heavy (non-hydrogen) atoms. The van der Waals surface area contributed by atoms with Crippen LogP contribution in [0.25, 0.3) is 33.2 Å². The Labute approximate surface area is 308 Å². The number of pyridine rings is 1. The lowest BCUT2D eigenvalue weighted by Gasteiger charge is -2.40. The molecule has 11 rings (SSSR count). The van der Waals surface area contributed by atoms with Crippen molar-refractivity contribution in [3.8, 4) is 17.1 Å². The lowest BCUT2D eigenvalue weighted by molar-refractivity contribution is 0.431. The molecule has 5 heterocycles. The molecule has 3 aromatic heterocycles. The van der Waals surface area contributed by atoms with E-state index >= 15 is 0 Å². The number of para-hydroxylation sites is 3.